The minimum atomic E-state index is -0.437. The summed E-state index contributed by atoms with van der Waals surface area (Å²) in [4.78, 5) is 11.5. The maximum atomic E-state index is 11.5. The van der Waals surface area contributed by atoms with E-state index in [1.807, 2.05) is 19.9 Å². The van der Waals surface area contributed by atoms with Crippen LogP contribution in [0.3, 0.4) is 0 Å². The lowest BCUT2D eigenvalue weighted by Crippen LogP contribution is -2.39. The van der Waals surface area contributed by atoms with E-state index in [4.69, 9.17) is 5.73 Å². The fourth-order valence-corrected chi connectivity index (χ4v) is 1.69. The topological polar surface area (TPSA) is 55.1 Å². The Labute approximate surface area is 103 Å². The maximum Gasteiger partial charge on any atom is 0.221 e. The second-order valence-electron chi connectivity index (χ2n) is 5.25. The Bertz CT molecular complexity index is 380. The van der Waals surface area contributed by atoms with Gasteiger partial charge < -0.3 is 11.1 Å². The minimum Gasteiger partial charge on any atom is -0.356 e. The van der Waals surface area contributed by atoms with Crippen molar-refractivity contribution >= 4 is 5.91 Å². The fraction of sp³-hybridized carbons (Fsp3) is 0.500. The standard InChI is InChI=1S/C14H22N2O/c1-11-5-4-6-12(9-11)7-8-16-13(17)10-14(2,3)15/h4-6,9H,7-8,10,15H2,1-3H3,(H,16,17). The lowest BCUT2D eigenvalue weighted by Gasteiger charge is -2.17. The first-order chi connectivity index (χ1) is 7.87. The third-order valence-electron chi connectivity index (χ3n) is 2.43. The van der Waals surface area contributed by atoms with E-state index >= 15 is 0 Å². The van der Waals surface area contributed by atoms with Gasteiger partial charge in [-0.2, -0.15) is 0 Å². The molecule has 0 aliphatic carbocycles. The van der Waals surface area contributed by atoms with Crippen molar-refractivity contribution in [2.24, 2.45) is 5.73 Å². The summed E-state index contributed by atoms with van der Waals surface area (Å²) in [6.07, 6.45) is 1.22. The second-order valence-corrected chi connectivity index (χ2v) is 5.25. The molecule has 94 valence electrons. The van der Waals surface area contributed by atoms with Gasteiger partial charge in [0.2, 0.25) is 5.91 Å². The first kappa shape index (κ1) is 13.7. The van der Waals surface area contributed by atoms with Crippen molar-refractivity contribution in [1.82, 2.24) is 5.32 Å². The van der Waals surface area contributed by atoms with Crippen LogP contribution in [0.2, 0.25) is 0 Å². The van der Waals surface area contributed by atoms with Crippen molar-refractivity contribution in [2.75, 3.05) is 6.54 Å². The summed E-state index contributed by atoms with van der Waals surface area (Å²) >= 11 is 0. The van der Waals surface area contributed by atoms with Crippen molar-refractivity contribution < 1.29 is 4.79 Å². The quantitative estimate of drug-likeness (QED) is 0.816. The third-order valence-corrected chi connectivity index (χ3v) is 2.43. The summed E-state index contributed by atoms with van der Waals surface area (Å²) in [6, 6.07) is 8.32. The second kappa shape index (κ2) is 5.82. The van der Waals surface area contributed by atoms with E-state index < -0.39 is 5.54 Å². The highest BCUT2D eigenvalue weighted by Crippen LogP contribution is 2.05. The molecule has 0 bridgehead atoms. The van der Waals surface area contributed by atoms with E-state index in [0.29, 0.717) is 13.0 Å². The van der Waals surface area contributed by atoms with Gasteiger partial charge >= 0.3 is 0 Å². The average molecular weight is 234 g/mol. The maximum absolute atomic E-state index is 11.5. The van der Waals surface area contributed by atoms with Gasteiger partial charge in [-0.05, 0) is 32.8 Å². The van der Waals surface area contributed by atoms with Crippen LogP contribution in [0, 0.1) is 6.92 Å². The number of rotatable bonds is 5. The Kier molecular flexibility index (Phi) is 4.70. The molecule has 0 aromatic heterocycles. The summed E-state index contributed by atoms with van der Waals surface area (Å²) in [7, 11) is 0. The molecule has 0 fully saturated rings. The number of carbonyl (C=O) groups is 1. The molecule has 0 aliphatic heterocycles. The number of carbonyl (C=O) groups excluding carboxylic acids is 1. The molecule has 0 atom stereocenters. The van der Waals surface area contributed by atoms with Crippen molar-refractivity contribution in [3.8, 4) is 0 Å². The highest BCUT2D eigenvalue weighted by molar-refractivity contribution is 5.77. The molecule has 3 N–H and O–H groups in total. The molecule has 0 saturated heterocycles. The van der Waals surface area contributed by atoms with Crippen molar-refractivity contribution in [3.05, 3.63) is 35.4 Å². The van der Waals surface area contributed by atoms with Crippen LogP contribution in [0.4, 0.5) is 0 Å². The highest BCUT2D eigenvalue weighted by atomic mass is 16.1. The molecule has 1 amide bonds. The van der Waals surface area contributed by atoms with E-state index in [-0.39, 0.29) is 5.91 Å². The van der Waals surface area contributed by atoms with Crippen LogP contribution in [0.5, 0.6) is 0 Å². The van der Waals surface area contributed by atoms with E-state index in [2.05, 4.69) is 30.4 Å². The summed E-state index contributed by atoms with van der Waals surface area (Å²) in [5, 5.41) is 2.89. The monoisotopic (exact) mass is 234 g/mol. The van der Waals surface area contributed by atoms with Crippen LogP contribution in [-0.2, 0) is 11.2 Å². The molecule has 3 nitrogen and oxygen atoms in total. The molecule has 0 heterocycles. The van der Waals surface area contributed by atoms with Crippen LogP contribution in [-0.4, -0.2) is 18.0 Å². The number of hydrogen-bond acceptors (Lipinski definition) is 2. The van der Waals surface area contributed by atoms with Crippen LogP contribution in [0.1, 0.15) is 31.4 Å². The van der Waals surface area contributed by atoms with E-state index in [9.17, 15) is 4.79 Å². The van der Waals surface area contributed by atoms with Gasteiger partial charge in [0.25, 0.3) is 0 Å². The number of aryl methyl sites for hydroxylation is 1. The van der Waals surface area contributed by atoms with Crippen LogP contribution in [0.25, 0.3) is 0 Å². The molecule has 3 heteroatoms. The molecular weight excluding hydrogens is 212 g/mol. The van der Waals surface area contributed by atoms with E-state index in [1.54, 1.807) is 0 Å². The molecule has 1 aromatic carbocycles. The molecule has 0 radical (unpaired) electrons. The molecular formula is C14H22N2O. The molecule has 0 saturated carbocycles. The largest absolute Gasteiger partial charge is 0.356 e. The normalized spacial score (nSPS) is 11.3. The average Bonchev–Trinajstić information content (AvgIpc) is 2.14. The van der Waals surface area contributed by atoms with Gasteiger partial charge in [0.1, 0.15) is 0 Å². The summed E-state index contributed by atoms with van der Waals surface area (Å²) in [5.74, 6) is 0.0187. The number of benzene rings is 1. The molecule has 0 aliphatic rings. The van der Waals surface area contributed by atoms with Crippen molar-refractivity contribution in [1.29, 1.82) is 0 Å². The number of hydrogen-bond donors (Lipinski definition) is 2. The fourth-order valence-electron chi connectivity index (χ4n) is 1.69. The van der Waals surface area contributed by atoms with Crippen LogP contribution >= 0.6 is 0 Å². The Morgan fingerprint density at radius 3 is 2.71 bits per heavy atom. The lowest BCUT2D eigenvalue weighted by atomic mass is 10.0. The molecule has 17 heavy (non-hydrogen) atoms. The highest BCUT2D eigenvalue weighted by Gasteiger charge is 2.15. The Morgan fingerprint density at radius 2 is 2.12 bits per heavy atom. The predicted octanol–water partition coefficient (Wildman–Crippen LogP) is 1.78. The zero-order valence-electron chi connectivity index (χ0n) is 10.9. The van der Waals surface area contributed by atoms with Crippen LogP contribution in [0.15, 0.2) is 24.3 Å². The van der Waals surface area contributed by atoms with Crippen LogP contribution < -0.4 is 11.1 Å². The SMILES string of the molecule is Cc1cccc(CCNC(=O)CC(C)(C)N)c1. The minimum absolute atomic E-state index is 0.0187. The summed E-state index contributed by atoms with van der Waals surface area (Å²) < 4.78 is 0. The first-order valence-electron chi connectivity index (χ1n) is 5.98. The lowest BCUT2D eigenvalue weighted by molar-refractivity contribution is -0.121. The zero-order valence-corrected chi connectivity index (χ0v) is 10.9. The number of nitrogens with one attached hydrogen (secondary N) is 1. The smallest absolute Gasteiger partial charge is 0.221 e. The van der Waals surface area contributed by atoms with Gasteiger partial charge in [-0.3, -0.25) is 4.79 Å². The summed E-state index contributed by atoms with van der Waals surface area (Å²) in [6.45, 7) is 6.44. The molecule has 0 unspecified atom stereocenters. The van der Waals surface area contributed by atoms with E-state index in [0.717, 1.165) is 6.42 Å². The molecule has 1 aromatic rings. The van der Waals surface area contributed by atoms with Gasteiger partial charge in [0, 0.05) is 18.5 Å². The molecule has 1 rings (SSSR count). The Morgan fingerprint density at radius 1 is 1.41 bits per heavy atom. The van der Waals surface area contributed by atoms with Gasteiger partial charge in [-0.1, -0.05) is 29.8 Å². The summed E-state index contributed by atoms with van der Waals surface area (Å²) in [5.41, 5.74) is 7.84. The first-order valence-corrected chi connectivity index (χ1v) is 5.98. The molecule has 0 spiro atoms. The van der Waals surface area contributed by atoms with Gasteiger partial charge in [0.05, 0.1) is 0 Å². The van der Waals surface area contributed by atoms with E-state index in [1.165, 1.54) is 11.1 Å². The van der Waals surface area contributed by atoms with Gasteiger partial charge in [0.15, 0.2) is 0 Å². The predicted molar refractivity (Wildman–Crippen MR) is 70.8 cm³/mol. The number of amides is 1. The van der Waals surface area contributed by atoms with Crippen molar-refractivity contribution in [2.45, 2.75) is 39.2 Å². The van der Waals surface area contributed by atoms with Crippen molar-refractivity contribution in [3.63, 3.8) is 0 Å². The zero-order chi connectivity index (χ0) is 12.9. The van der Waals surface area contributed by atoms with Gasteiger partial charge in [-0.25, -0.2) is 0 Å². The number of nitrogens with two attached hydrogens (primary N) is 1. The third kappa shape index (κ3) is 6.07. The Hall–Kier alpha value is -1.35. The Balaban J connectivity index is 2.31. The van der Waals surface area contributed by atoms with Gasteiger partial charge in [-0.15, -0.1) is 0 Å².